The van der Waals surface area contributed by atoms with Crippen LogP contribution in [0.2, 0.25) is 0 Å². The zero-order valence-electron chi connectivity index (χ0n) is 10.7. The third kappa shape index (κ3) is 2.16. The molecule has 1 aliphatic heterocycles. The SMILES string of the molecule is CC(C)c1cccc(N2CCNC3(CC3)C2)n1. The Hall–Kier alpha value is -1.09. The highest BCUT2D eigenvalue weighted by Gasteiger charge is 2.45. The number of piperazine rings is 1. The lowest BCUT2D eigenvalue weighted by atomic mass is 10.1. The maximum Gasteiger partial charge on any atom is 0.128 e. The lowest BCUT2D eigenvalue weighted by Gasteiger charge is -2.35. The third-order valence-electron chi connectivity index (χ3n) is 3.90. The van der Waals surface area contributed by atoms with E-state index in [1.54, 1.807) is 0 Å². The molecule has 1 N–H and O–H groups in total. The molecule has 1 saturated heterocycles. The average molecular weight is 231 g/mol. The van der Waals surface area contributed by atoms with Crippen molar-refractivity contribution >= 4 is 5.82 Å². The van der Waals surface area contributed by atoms with Gasteiger partial charge in [0.1, 0.15) is 5.82 Å². The number of hydrogen-bond acceptors (Lipinski definition) is 3. The lowest BCUT2D eigenvalue weighted by Crippen LogP contribution is -2.52. The highest BCUT2D eigenvalue weighted by Crippen LogP contribution is 2.38. The van der Waals surface area contributed by atoms with Crippen molar-refractivity contribution in [3.05, 3.63) is 23.9 Å². The van der Waals surface area contributed by atoms with Gasteiger partial charge in [-0.2, -0.15) is 0 Å². The van der Waals surface area contributed by atoms with Crippen LogP contribution in [0.4, 0.5) is 5.82 Å². The number of anilines is 1. The predicted octanol–water partition coefficient (Wildman–Crippen LogP) is 2.15. The van der Waals surface area contributed by atoms with Gasteiger partial charge in [0.2, 0.25) is 0 Å². The van der Waals surface area contributed by atoms with E-state index >= 15 is 0 Å². The number of nitrogens with zero attached hydrogens (tertiary/aromatic N) is 2. The number of nitrogens with one attached hydrogen (secondary N) is 1. The van der Waals surface area contributed by atoms with Crippen LogP contribution in [-0.4, -0.2) is 30.2 Å². The van der Waals surface area contributed by atoms with Crippen molar-refractivity contribution < 1.29 is 0 Å². The van der Waals surface area contributed by atoms with Crippen LogP contribution in [0.3, 0.4) is 0 Å². The fourth-order valence-electron chi connectivity index (χ4n) is 2.57. The van der Waals surface area contributed by atoms with Crippen LogP contribution in [0.5, 0.6) is 0 Å². The molecule has 0 radical (unpaired) electrons. The van der Waals surface area contributed by atoms with Gasteiger partial charge in [-0.15, -0.1) is 0 Å². The quantitative estimate of drug-likeness (QED) is 0.845. The fourth-order valence-corrected chi connectivity index (χ4v) is 2.57. The molecule has 92 valence electrons. The minimum Gasteiger partial charge on any atom is -0.353 e. The van der Waals surface area contributed by atoms with Gasteiger partial charge >= 0.3 is 0 Å². The van der Waals surface area contributed by atoms with Crippen molar-refractivity contribution in [3.8, 4) is 0 Å². The summed E-state index contributed by atoms with van der Waals surface area (Å²) in [5.74, 6) is 1.66. The summed E-state index contributed by atoms with van der Waals surface area (Å²) in [5, 5.41) is 3.64. The monoisotopic (exact) mass is 231 g/mol. The number of pyridine rings is 1. The molecule has 0 amide bonds. The minimum absolute atomic E-state index is 0.424. The first-order chi connectivity index (χ1) is 8.19. The van der Waals surface area contributed by atoms with Gasteiger partial charge in [0, 0.05) is 30.9 Å². The number of rotatable bonds is 2. The second kappa shape index (κ2) is 3.98. The molecule has 1 aromatic rings. The third-order valence-corrected chi connectivity index (χ3v) is 3.90. The molecule has 0 unspecified atom stereocenters. The predicted molar refractivity (Wildman–Crippen MR) is 70.5 cm³/mol. The summed E-state index contributed by atoms with van der Waals surface area (Å²) < 4.78 is 0. The van der Waals surface area contributed by atoms with Crippen molar-refractivity contribution in [1.82, 2.24) is 10.3 Å². The molecule has 2 heterocycles. The molecule has 2 aliphatic rings. The van der Waals surface area contributed by atoms with E-state index in [0.29, 0.717) is 11.5 Å². The standard InChI is InChI=1S/C14H21N3/c1-11(2)12-4-3-5-13(16-12)17-9-8-15-14(10-17)6-7-14/h3-5,11,15H,6-10H2,1-2H3. The minimum atomic E-state index is 0.424. The Labute approximate surface area is 103 Å². The molecule has 1 aromatic heterocycles. The second-order valence-corrected chi connectivity index (χ2v) is 5.70. The molecular formula is C14H21N3. The maximum atomic E-state index is 4.79. The van der Waals surface area contributed by atoms with Crippen LogP contribution in [0, 0.1) is 0 Å². The van der Waals surface area contributed by atoms with Gasteiger partial charge in [-0.1, -0.05) is 19.9 Å². The molecule has 3 heteroatoms. The summed E-state index contributed by atoms with van der Waals surface area (Å²) in [6.45, 7) is 7.70. The average Bonchev–Trinajstić information content (AvgIpc) is 3.08. The summed E-state index contributed by atoms with van der Waals surface area (Å²) in [6, 6.07) is 6.41. The molecule has 0 bridgehead atoms. The molecule has 1 spiro atoms. The van der Waals surface area contributed by atoms with E-state index in [1.807, 2.05) is 0 Å². The van der Waals surface area contributed by atoms with Crippen LogP contribution >= 0.6 is 0 Å². The molecule has 2 fully saturated rings. The Bertz CT molecular complexity index is 410. The molecule has 0 aromatic carbocycles. The van der Waals surface area contributed by atoms with Crippen molar-refractivity contribution in [3.63, 3.8) is 0 Å². The highest BCUT2D eigenvalue weighted by molar-refractivity contribution is 5.42. The van der Waals surface area contributed by atoms with Crippen molar-refractivity contribution in [2.24, 2.45) is 0 Å². The highest BCUT2D eigenvalue weighted by atomic mass is 15.3. The molecule has 17 heavy (non-hydrogen) atoms. The van der Waals surface area contributed by atoms with Crippen LogP contribution in [0.25, 0.3) is 0 Å². The summed E-state index contributed by atoms with van der Waals surface area (Å²) >= 11 is 0. The van der Waals surface area contributed by atoms with Gasteiger partial charge < -0.3 is 10.2 Å². The van der Waals surface area contributed by atoms with Crippen LogP contribution in [-0.2, 0) is 0 Å². The molecule has 3 rings (SSSR count). The Morgan fingerprint density at radius 3 is 2.88 bits per heavy atom. The van der Waals surface area contributed by atoms with E-state index in [1.165, 1.54) is 18.5 Å². The van der Waals surface area contributed by atoms with Gasteiger partial charge in [-0.05, 0) is 30.9 Å². The van der Waals surface area contributed by atoms with Crippen LogP contribution in [0.15, 0.2) is 18.2 Å². The molecule has 0 atom stereocenters. The molecule has 1 saturated carbocycles. The normalized spacial score (nSPS) is 22.2. The summed E-state index contributed by atoms with van der Waals surface area (Å²) in [7, 11) is 0. The second-order valence-electron chi connectivity index (χ2n) is 5.70. The van der Waals surface area contributed by atoms with E-state index in [9.17, 15) is 0 Å². The Kier molecular flexibility index (Phi) is 2.58. The van der Waals surface area contributed by atoms with E-state index < -0.39 is 0 Å². The van der Waals surface area contributed by atoms with Gasteiger partial charge in [0.05, 0.1) is 0 Å². The molecule has 3 nitrogen and oxygen atoms in total. The fraction of sp³-hybridized carbons (Fsp3) is 0.643. The van der Waals surface area contributed by atoms with Gasteiger partial charge in [0.25, 0.3) is 0 Å². The van der Waals surface area contributed by atoms with Gasteiger partial charge in [0.15, 0.2) is 0 Å². The summed E-state index contributed by atoms with van der Waals surface area (Å²) in [4.78, 5) is 7.23. The zero-order chi connectivity index (χ0) is 11.9. The van der Waals surface area contributed by atoms with E-state index in [2.05, 4.69) is 42.3 Å². The van der Waals surface area contributed by atoms with E-state index in [0.717, 1.165) is 25.5 Å². The van der Waals surface area contributed by atoms with Gasteiger partial charge in [-0.3, -0.25) is 0 Å². The Balaban J connectivity index is 1.80. The topological polar surface area (TPSA) is 28.2 Å². The number of aromatic nitrogens is 1. The molecular weight excluding hydrogens is 210 g/mol. The lowest BCUT2D eigenvalue weighted by molar-refractivity contribution is 0.440. The number of hydrogen-bond donors (Lipinski definition) is 1. The van der Waals surface area contributed by atoms with Crippen LogP contribution in [0.1, 0.15) is 38.3 Å². The van der Waals surface area contributed by atoms with Gasteiger partial charge in [-0.25, -0.2) is 4.98 Å². The maximum absolute atomic E-state index is 4.79. The molecule has 1 aliphatic carbocycles. The van der Waals surface area contributed by atoms with E-state index in [4.69, 9.17) is 4.98 Å². The Morgan fingerprint density at radius 2 is 2.18 bits per heavy atom. The van der Waals surface area contributed by atoms with Crippen LogP contribution < -0.4 is 10.2 Å². The Morgan fingerprint density at radius 1 is 1.35 bits per heavy atom. The first-order valence-electron chi connectivity index (χ1n) is 6.65. The smallest absolute Gasteiger partial charge is 0.128 e. The zero-order valence-corrected chi connectivity index (χ0v) is 10.7. The van der Waals surface area contributed by atoms with Crippen molar-refractivity contribution in [1.29, 1.82) is 0 Å². The first kappa shape index (κ1) is 11.0. The van der Waals surface area contributed by atoms with E-state index in [-0.39, 0.29) is 0 Å². The van der Waals surface area contributed by atoms with Crippen molar-refractivity contribution in [2.45, 2.75) is 38.1 Å². The first-order valence-corrected chi connectivity index (χ1v) is 6.65. The largest absolute Gasteiger partial charge is 0.353 e. The van der Waals surface area contributed by atoms with Crippen molar-refractivity contribution in [2.75, 3.05) is 24.5 Å². The summed E-state index contributed by atoms with van der Waals surface area (Å²) in [6.07, 6.45) is 2.65. The summed E-state index contributed by atoms with van der Waals surface area (Å²) in [5.41, 5.74) is 1.62.